The minimum atomic E-state index is 0.189. The molecule has 0 saturated carbocycles. The van der Waals surface area contributed by atoms with E-state index in [2.05, 4.69) is 4.90 Å². The van der Waals surface area contributed by atoms with Crippen molar-refractivity contribution in [2.45, 2.75) is 30.6 Å². The number of carbonyl (C=O) groups is 1. The van der Waals surface area contributed by atoms with E-state index in [0.29, 0.717) is 18.2 Å². The molecule has 138 valence electrons. The molecule has 2 heterocycles. The summed E-state index contributed by atoms with van der Waals surface area (Å²) in [6, 6.07) is 10.1. The third-order valence-corrected chi connectivity index (χ3v) is 6.46. The highest BCUT2D eigenvalue weighted by molar-refractivity contribution is 8.00. The van der Waals surface area contributed by atoms with Crippen molar-refractivity contribution in [1.82, 2.24) is 9.80 Å². The molecule has 0 spiro atoms. The van der Waals surface area contributed by atoms with Crippen LogP contribution in [-0.2, 0) is 4.79 Å². The number of nitrogens with zero attached hydrogens (tertiary/aromatic N) is 2. The van der Waals surface area contributed by atoms with Gasteiger partial charge in [-0.1, -0.05) is 31.0 Å². The maximum Gasteiger partial charge on any atom is 0.232 e. The van der Waals surface area contributed by atoms with Crippen molar-refractivity contribution in [3.8, 4) is 0 Å². The van der Waals surface area contributed by atoms with Crippen LogP contribution in [-0.4, -0.2) is 65.9 Å². The molecular weight excluding hydrogens is 332 g/mol. The Balaban J connectivity index is 1.50. The maximum absolute atomic E-state index is 12.6. The van der Waals surface area contributed by atoms with Crippen LogP contribution in [0.1, 0.15) is 25.7 Å². The number of carbonyl (C=O) groups excluding carboxylic acids is 1. The first-order chi connectivity index (χ1) is 12.3. The molecular formula is C20H30N2O2S. The second kappa shape index (κ2) is 9.60. The summed E-state index contributed by atoms with van der Waals surface area (Å²) >= 11 is 1.60. The van der Waals surface area contributed by atoms with E-state index in [1.54, 1.807) is 11.8 Å². The lowest BCUT2D eigenvalue weighted by molar-refractivity contribution is -0.127. The Labute approximate surface area is 155 Å². The topological polar surface area (TPSA) is 43.8 Å². The van der Waals surface area contributed by atoms with Crippen molar-refractivity contribution in [2.24, 2.45) is 11.8 Å². The van der Waals surface area contributed by atoms with Gasteiger partial charge in [0, 0.05) is 37.1 Å². The molecule has 2 aliphatic rings. The van der Waals surface area contributed by atoms with Crippen LogP contribution < -0.4 is 0 Å². The predicted molar refractivity (Wildman–Crippen MR) is 103 cm³/mol. The third-order valence-electron chi connectivity index (χ3n) is 5.46. The molecule has 5 heteroatoms. The van der Waals surface area contributed by atoms with Crippen LogP contribution in [0.2, 0.25) is 0 Å². The summed E-state index contributed by atoms with van der Waals surface area (Å²) < 4.78 is 0. The van der Waals surface area contributed by atoms with Crippen LogP contribution in [0.3, 0.4) is 0 Å². The summed E-state index contributed by atoms with van der Waals surface area (Å²) in [7, 11) is 0. The molecule has 1 amide bonds. The number of likely N-dealkylation sites (tertiary alicyclic amines) is 2. The number of aliphatic hydroxyl groups is 1. The summed E-state index contributed by atoms with van der Waals surface area (Å²) in [5, 5.41) is 9.77. The normalized spacial score (nSPS) is 25.1. The highest BCUT2D eigenvalue weighted by Crippen LogP contribution is 2.27. The summed E-state index contributed by atoms with van der Waals surface area (Å²) in [5.74, 6) is 1.33. The molecule has 0 bridgehead atoms. The SMILES string of the molecule is O=C(CSc1ccccc1)N1CC(CO)C(CN2CCCCCC2)C1. The number of aliphatic hydroxyl groups excluding tert-OH is 1. The van der Waals surface area contributed by atoms with E-state index < -0.39 is 0 Å². The predicted octanol–water partition coefficient (Wildman–Crippen LogP) is 2.72. The van der Waals surface area contributed by atoms with Gasteiger partial charge in [0.2, 0.25) is 5.91 Å². The molecule has 1 aromatic rings. The van der Waals surface area contributed by atoms with E-state index in [1.165, 1.54) is 38.8 Å². The first kappa shape index (κ1) is 18.7. The Morgan fingerprint density at radius 1 is 1.04 bits per heavy atom. The zero-order valence-corrected chi connectivity index (χ0v) is 15.8. The van der Waals surface area contributed by atoms with E-state index in [1.807, 2.05) is 35.2 Å². The Kier molecular flexibility index (Phi) is 7.20. The fourth-order valence-corrected chi connectivity index (χ4v) is 4.78. The molecule has 25 heavy (non-hydrogen) atoms. The summed E-state index contributed by atoms with van der Waals surface area (Å²) in [4.78, 5) is 18.2. The number of rotatable bonds is 6. The van der Waals surface area contributed by atoms with E-state index >= 15 is 0 Å². The summed E-state index contributed by atoms with van der Waals surface area (Å²) in [5.41, 5.74) is 0. The van der Waals surface area contributed by atoms with Crippen LogP contribution in [0.4, 0.5) is 0 Å². The van der Waals surface area contributed by atoms with Gasteiger partial charge in [-0.25, -0.2) is 0 Å². The number of benzene rings is 1. The average Bonchev–Trinajstić information content (AvgIpc) is 2.87. The first-order valence-electron chi connectivity index (χ1n) is 9.55. The molecule has 2 fully saturated rings. The molecule has 2 unspecified atom stereocenters. The van der Waals surface area contributed by atoms with Gasteiger partial charge in [-0.3, -0.25) is 4.79 Å². The van der Waals surface area contributed by atoms with Gasteiger partial charge < -0.3 is 14.9 Å². The van der Waals surface area contributed by atoms with Gasteiger partial charge in [0.1, 0.15) is 0 Å². The molecule has 0 aliphatic carbocycles. The minimum absolute atomic E-state index is 0.189. The monoisotopic (exact) mass is 362 g/mol. The van der Waals surface area contributed by atoms with Crippen molar-refractivity contribution >= 4 is 17.7 Å². The fourth-order valence-electron chi connectivity index (χ4n) is 3.96. The minimum Gasteiger partial charge on any atom is -0.396 e. The summed E-state index contributed by atoms with van der Waals surface area (Å²) in [6.07, 6.45) is 5.25. The number of hydrogen-bond donors (Lipinski definition) is 1. The fraction of sp³-hybridized carbons (Fsp3) is 0.650. The van der Waals surface area contributed by atoms with E-state index in [9.17, 15) is 9.90 Å². The van der Waals surface area contributed by atoms with Gasteiger partial charge in [-0.2, -0.15) is 0 Å². The Hall–Kier alpha value is -1.04. The molecule has 1 N–H and O–H groups in total. The van der Waals surface area contributed by atoms with Gasteiger partial charge in [0.05, 0.1) is 5.75 Å². The number of thioether (sulfide) groups is 1. The smallest absolute Gasteiger partial charge is 0.232 e. The first-order valence-corrected chi connectivity index (χ1v) is 10.5. The second-order valence-corrected chi connectivity index (χ2v) is 8.37. The Bertz CT molecular complexity index is 532. The molecule has 4 nitrogen and oxygen atoms in total. The third kappa shape index (κ3) is 5.47. The van der Waals surface area contributed by atoms with E-state index in [-0.39, 0.29) is 18.4 Å². The highest BCUT2D eigenvalue weighted by atomic mass is 32.2. The lowest BCUT2D eigenvalue weighted by atomic mass is 9.96. The largest absolute Gasteiger partial charge is 0.396 e. The molecule has 2 atom stereocenters. The highest BCUT2D eigenvalue weighted by Gasteiger charge is 2.35. The van der Waals surface area contributed by atoms with Crippen molar-refractivity contribution < 1.29 is 9.90 Å². The molecule has 2 saturated heterocycles. The van der Waals surface area contributed by atoms with Gasteiger partial charge in [-0.15, -0.1) is 11.8 Å². The van der Waals surface area contributed by atoms with Crippen LogP contribution in [0, 0.1) is 11.8 Å². The van der Waals surface area contributed by atoms with Crippen molar-refractivity contribution in [1.29, 1.82) is 0 Å². The van der Waals surface area contributed by atoms with E-state index in [4.69, 9.17) is 0 Å². The Morgan fingerprint density at radius 2 is 1.72 bits per heavy atom. The van der Waals surface area contributed by atoms with Crippen molar-refractivity contribution in [3.63, 3.8) is 0 Å². The zero-order valence-electron chi connectivity index (χ0n) is 15.0. The average molecular weight is 363 g/mol. The summed E-state index contributed by atoms with van der Waals surface area (Å²) in [6.45, 7) is 5.08. The van der Waals surface area contributed by atoms with E-state index in [0.717, 1.165) is 18.0 Å². The van der Waals surface area contributed by atoms with Gasteiger partial charge >= 0.3 is 0 Å². The number of hydrogen-bond acceptors (Lipinski definition) is 4. The van der Waals surface area contributed by atoms with Crippen LogP contribution >= 0.6 is 11.8 Å². The van der Waals surface area contributed by atoms with Crippen LogP contribution in [0.25, 0.3) is 0 Å². The Morgan fingerprint density at radius 3 is 2.40 bits per heavy atom. The quantitative estimate of drug-likeness (QED) is 0.791. The lowest BCUT2D eigenvalue weighted by Gasteiger charge is -2.26. The maximum atomic E-state index is 12.6. The van der Waals surface area contributed by atoms with Gasteiger partial charge in [-0.05, 0) is 44.0 Å². The van der Waals surface area contributed by atoms with Crippen molar-refractivity contribution in [2.75, 3.05) is 45.1 Å². The zero-order chi connectivity index (χ0) is 17.5. The lowest BCUT2D eigenvalue weighted by Crippen LogP contribution is -2.35. The second-order valence-electron chi connectivity index (χ2n) is 7.32. The molecule has 0 aromatic heterocycles. The van der Waals surface area contributed by atoms with Crippen LogP contribution in [0.15, 0.2) is 35.2 Å². The van der Waals surface area contributed by atoms with Gasteiger partial charge in [0.25, 0.3) is 0 Å². The van der Waals surface area contributed by atoms with Gasteiger partial charge in [0.15, 0.2) is 0 Å². The molecule has 3 rings (SSSR count). The molecule has 0 radical (unpaired) electrons. The standard InChI is InChI=1S/C20H30N2O2S/c23-15-18-14-22(20(24)16-25-19-8-4-3-5-9-19)13-17(18)12-21-10-6-1-2-7-11-21/h3-5,8-9,17-18,23H,1-2,6-7,10-16H2. The molecule has 1 aromatic carbocycles. The number of amides is 1. The molecule has 2 aliphatic heterocycles. The van der Waals surface area contributed by atoms with Crippen LogP contribution in [0.5, 0.6) is 0 Å². The van der Waals surface area contributed by atoms with Crippen molar-refractivity contribution in [3.05, 3.63) is 30.3 Å².